The molecule has 1 saturated carbocycles. The lowest BCUT2D eigenvalue weighted by Gasteiger charge is -2.25. The SMILES string of the molecule is CC(C)NCc1ccc(S(=O)(=O)NCC2CCC2)c(Br)c1. The molecule has 118 valence electrons. The molecule has 0 aliphatic heterocycles. The van der Waals surface area contributed by atoms with Gasteiger partial charge in [0.25, 0.3) is 0 Å². The van der Waals surface area contributed by atoms with Gasteiger partial charge in [0.1, 0.15) is 0 Å². The fourth-order valence-electron chi connectivity index (χ4n) is 2.20. The molecule has 1 aromatic carbocycles. The van der Waals surface area contributed by atoms with Crippen LogP contribution in [0.5, 0.6) is 0 Å². The highest BCUT2D eigenvalue weighted by Crippen LogP contribution is 2.27. The van der Waals surface area contributed by atoms with Gasteiger partial charge in [0.15, 0.2) is 0 Å². The molecule has 21 heavy (non-hydrogen) atoms. The largest absolute Gasteiger partial charge is 0.310 e. The van der Waals surface area contributed by atoms with Gasteiger partial charge in [-0.05, 0) is 52.4 Å². The highest BCUT2D eigenvalue weighted by Gasteiger charge is 2.22. The fraction of sp³-hybridized carbons (Fsp3) is 0.600. The summed E-state index contributed by atoms with van der Waals surface area (Å²) in [6, 6.07) is 5.80. The summed E-state index contributed by atoms with van der Waals surface area (Å²) >= 11 is 3.38. The average molecular weight is 375 g/mol. The predicted molar refractivity (Wildman–Crippen MR) is 88.6 cm³/mol. The van der Waals surface area contributed by atoms with Crippen LogP contribution in [0.15, 0.2) is 27.6 Å². The molecular weight excluding hydrogens is 352 g/mol. The first-order chi connectivity index (χ1) is 9.88. The first kappa shape index (κ1) is 16.9. The quantitative estimate of drug-likeness (QED) is 0.770. The summed E-state index contributed by atoms with van der Waals surface area (Å²) in [5.41, 5.74) is 1.06. The Balaban J connectivity index is 2.04. The smallest absolute Gasteiger partial charge is 0.241 e. The minimum absolute atomic E-state index is 0.315. The third kappa shape index (κ3) is 4.77. The van der Waals surface area contributed by atoms with Crippen LogP contribution in [0.2, 0.25) is 0 Å². The van der Waals surface area contributed by atoms with Crippen molar-refractivity contribution in [3.8, 4) is 0 Å². The number of hydrogen-bond donors (Lipinski definition) is 2. The summed E-state index contributed by atoms with van der Waals surface area (Å²) < 4.78 is 28.0. The van der Waals surface area contributed by atoms with Gasteiger partial charge < -0.3 is 5.32 Å². The summed E-state index contributed by atoms with van der Waals surface area (Å²) in [7, 11) is -3.43. The summed E-state index contributed by atoms with van der Waals surface area (Å²) in [4.78, 5) is 0.315. The number of hydrogen-bond acceptors (Lipinski definition) is 3. The zero-order valence-corrected chi connectivity index (χ0v) is 14.9. The fourth-order valence-corrected chi connectivity index (χ4v) is 4.44. The van der Waals surface area contributed by atoms with E-state index in [-0.39, 0.29) is 0 Å². The van der Waals surface area contributed by atoms with Gasteiger partial charge in [-0.25, -0.2) is 13.1 Å². The van der Waals surface area contributed by atoms with Crippen molar-refractivity contribution >= 4 is 26.0 Å². The van der Waals surface area contributed by atoms with Crippen molar-refractivity contribution in [2.45, 2.75) is 50.6 Å². The molecule has 0 saturated heterocycles. The van der Waals surface area contributed by atoms with Gasteiger partial charge in [0.05, 0.1) is 4.90 Å². The van der Waals surface area contributed by atoms with Gasteiger partial charge in [-0.1, -0.05) is 26.3 Å². The van der Waals surface area contributed by atoms with Crippen LogP contribution in [0.25, 0.3) is 0 Å². The number of nitrogens with one attached hydrogen (secondary N) is 2. The van der Waals surface area contributed by atoms with Crippen LogP contribution in [-0.2, 0) is 16.6 Å². The van der Waals surface area contributed by atoms with E-state index in [0.29, 0.717) is 27.9 Å². The molecule has 0 aromatic heterocycles. The van der Waals surface area contributed by atoms with Crippen LogP contribution in [0.1, 0.15) is 38.7 Å². The molecule has 0 bridgehead atoms. The normalized spacial score (nSPS) is 16.2. The highest BCUT2D eigenvalue weighted by atomic mass is 79.9. The summed E-state index contributed by atoms with van der Waals surface area (Å²) in [6.45, 7) is 5.44. The Morgan fingerprint density at radius 2 is 2.05 bits per heavy atom. The van der Waals surface area contributed by atoms with Crippen molar-refractivity contribution in [1.82, 2.24) is 10.0 Å². The molecule has 1 fully saturated rings. The minimum atomic E-state index is -3.43. The minimum Gasteiger partial charge on any atom is -0.310 e. The number of rotatable bonds is 7. The Bertz CT molecular complexity index is 583. The lowest BCUT2D eigenvalue weighted by molar-refractivity contribution is 0.316. The zero-order chi connectivity index (χ0) is 15.5. The summed E-state index contributed by atoms with van der Waals surface area (Å²) in [5, 5.41) is 3.32. The molecule has 1 aliphatic rings. The van der Waals surface area contributed by atoms with E-state index < -0.39 is 10.0 Å². The molecule has 0 atom stereocenters. The average Bonchev–Trinajstić information content (AvgIpc) is 2.34. The lowest BCUT2D eigenvalue weighted by Crippen LogP contribution is -2.32. The van der Waals surface area contributed by atoms with Crippen LogP contribution >= 0.6 is 15.9 Å². The van der Waals surface area contributed by atoms with Crippen LogP contribution in [0, 0.1) is 5.92 Å². The maximum Gasteiger partial charge on any atom is 0.241 e. The van der Waals surface area contributed by atoms with E-state index in [1.165, 1.54) is 6.42 Å². The summed E-state index contributed by atoms with van der Waals surface area (Å²) in [5.74, 6) is 0.507. The Labute approximate surface area is 135 Å². The van der Waals surface area contributed by atoms with E-state index in [9.17, 15) is 8.42 Å². The first-order valence-corrected chi connectivity index (χ1v) is 9.67. The van der Waals surface area contributed by atoms with Crippen LogP contribution in [0.4, 0.5) is 0 Å². The number of benzene rings is 1. The standard InChI is InChI=1S/C15H23BrN2O2S/c1-11(2)17-9-13-6-7-15(14(16)8-13)21(19,20)18-10-12-4-3-5-12/h6-8,11-12,17-18H,3-5,9-10H2,1-2H3. The van der Waals surface area contributed by atoms with Crippen molar-refractivity contribution in [1.29, 1.82) is 0 Å². The van der Waals surface area contributed by atoms with Gasteiger partial charge in [-0.2, -0.15) is 0 Å². The topological polar surface area (TPSA) is 58.2 Å². The monoisotopic (exact) mass is 374 g/mol. The van der Waals surface area contributed by atoms with Gasteiger partial charge >= 0.3 is 0 Å². The Morgan fingerprint density at radius 1 is 1.33 bits per heavy atom. The molecule has 0 heterocycles. The molecule has 0 radical (unpaired) electrons. The molecule has 0 spiro atoms. The third-order valence-electron chi connectivity index (χ3n) is 3.79. The van der Waals surface area contributed by atoms with Crippen molar-refractivity contribution < 1.29 is 8.42 Å². The van der Waals surface area contributed by atoms with Crippen molar-refractivity contribution in [3.05, 3.63) is 28.2 Å². The van der Waals surface area contributed by atoms with E-state index in [4.69, 9.17) is 0 Å². The van der Waals surface area contributed by atoms with E-state index >= 15 is 0 Å². The Morgan fingerprint density at radius 3 is 2.57 bits per heavy atom. The van der Waals surface area contributed by atoms with E-state index in [2.05, 4.69) is 39.8 Å². The zero-order valence-electron chi connectivity index (χ0n) is 12.5. The van der Waals surface area contributed by atoms with Crippen molar-refractivity contribution in [3.63, 3.8) is 0 Å². The molecule has 4 nitrogen and oxygen atoms in total. The predicted octanol–water partition coefficient (Wildman–Crippen LogP) is 3.03. The van der Waals surface area contributed by atoms with Gasteiger partial charge in [0.2, 0.25) is 10.0 Å². The van der Waals surface area contributed by atoms with Crippen LogP contribution < -0.4 is 10.0 Å². The Hall–Kier alpha value is -0.430. The molecule has 0 unspecified atom stereocenters. The van der Waals surface area contributed by atoms with Crippen molar-refractivity contribution in [2.24, 2.45) is 5.92 Å². The molecule has 2 rings (SSSR count). The number of halogens is 1. The molecule has 1 aromatic rings. The van der Waals surface area contributed by atoms with E-state index in [1.807, 2.05) is 12.1 Å². The van der Waals surface area contributed by atoms with Gasteiger partial charge in [-0.3, -0.25) is 0 Å². The third-order valence-corrected chi connectivity index (χ3v) is 6.19. The summed E-state index contributed by atoms with van der Waals surface area (Å²) in [6.07, 6.45) is 3.47. The Kier molecular flexibility index (Phi) is 5.82. The van der Waals surface area contributed by atoms with Crippen LogP contribution in [0.3, 0.4) is 0 Å². The molecule has 2 N–H and O–H groups in total. The van der Waals surface area contributed by atoms with E-state index in [1.54, 1.807) is 6.07 Å². The van der Waals surface area contributed by atoms with Crippen LogP contribution in [-0.4, -0.2) is 21.0 Å². The first-order valence-electron chi connectivity index (χ1n) is 7.40. The maximum atomic E-state index is 12.3. The molecule has 1 aliphatic carbocycles. The molecule has 0 amide bonds. The molecule has 6 heteroatoms. The van der Waals surface area contributed by atoms with Gasteiger partial charge in [0, 0.05) is 23.6 Å². The van der Waals surface area contributed by atoms with E-state index in [0.717, 1.165) is 24.9 Å². The lowest BCUT2D eigenvalue weighted by atomic mass is 9.86. The number of sulfonamides is 1. The van der Waals surface area contributed by atoms with Crippen molar-refractivity contribution in [2.75, 3.05) is 6.54 Å². The molecular formula is C15H23BrN2O2S. The highest BCUT2D eigenvalue weighted by molar-refractivity contribution is 9.10. The second kappa shape index (κ2) is 7.22. The second-order valence-corrected chi connectivity index (χ2v) is 8.54. The van der Waals surface area contributed by atoms with Gasteiger partial charge in [-0.15, -0.1) is 0 Å². The maximum absolute atomic E-state index is 12.3. The second-order valence-electron chi connectivity index (χ2n) is 5.95.